The summed E-state index contributed by atoms with van der Waals surface area (Å²) in [6, 6.07) is 15.2. The molecule has 1 aromatic carbocycles. The van der Waals surface area contributed by atoms with Crippen LogP contribution < -0.4 is 0 Å². The Balaban J connectivity index is 0.00000182. The van der Waals surface area contributed by atoms with Crippen LogP contribution in [0.15, 0.2) is 72.1 Å². The van der Waals surface area contributed by atoms with Crippen molar-refractivity contribution in [1.29, 1.82) is 0 Å². The lowest BCUT2D eigenvalue weighted by molar-refractivity contribution is 0.330. The lowest BCUT2D eigenvalue weighted by Gasteiger charge is -2.33. The van der Waals surface area contributed by atoms with Crippen LogP contribution in [-0.4, -0.2) is 18.0 Å². The molecule has 130 valence electrons. The van der Waals surface area contributed by atoms with E-state index in [1.54, 1.807) is 5.57 Å². The molecule has 2 aromatic rings. The highest BCUT2D eigenvalue weighted by atomic mass is 35.5. The summed E-state index contributed by atoms with van der Waals surface area (Å²) >= 11 is 1.87. The van der Waals surface area contributed by atoms with Crippen LogP contribution >= 0.6 is 23.7 Å². The van der Waals surface area contributed by atoms with E-state index in [0.29, 0.717) is 0 Å². The second kappa shape index (κ2) is 8.55. The molecule has 25 heavy (non-hydrogen) atoms. The molecule has 0 N–H and O–H groups in total. The highest BCUT2D eigenvalue weighted by molar-refractivity contribution is 7.11. The van der Waals surface area contributed by atoms with Gasteiger partial charge in [0.15, 0.2) is 0 Å². The quantitative estimate of drug-likeness (QED) is 0.614. The average molecular weight is 370 g/mol. The number of hydrogen-bond acceptors (Lipinski definition) is 2. The predicted octanol–water partition coefficient (Wildman–Crippen LogP) is 6.27. The van der Waals surface area contributed by atoms with Crippen molar-refractivity contribution in [3.8, 4) is 0 Å². The summed E-state index contributed by atoms with van der Waals surface area (Å²) in [7, 11) is 0. The summed E-state index contributed by atoms with van der Waals surface area (Å²) in [5.74, 6) is 0.741. The van der Waals surface area contributed by atoms with Crippen LogP contribution in [0, 0.1) is 5.92 Å². The number of thiophene rings is 1. The Labute approximate surface area is 160 Å². The van der Waals surface area contributed by atoms with Gasteiger partial charge in [0.1, 0.15) is 0 Å². The molecule has 1 aliphatic carbocycles. The van der Waals surface area contributed by atoms with Crippen molar-refractivity contribution in [2.24, 2.45) is 5.92 Å². The largest absolute Gasteiger partial charge is 0.367 e. The van der Waals surface area contributed by atoms with Gasteiger partial charge in [-0.05, 0) is 53.8 Å². The van der Waals surface area contributed by atoms with Gasteiger partial charge in [0.2, 0.25) is 0 Å². The Morgan fingerprint density at radius 3 is 2.76 bits per heavy atom. The van der Waals surface area contributed by atoms with Gasteiger partial charge in [-0.2, -0.15) is 0 Å². The Morgan fingerprint density at radius 2 is 1.96 bits per heavy atom. The van der Waals surface area contributed by atoms with Crippen LogP contribution in [-0.2, 0) is 0 Å². The number of rotatable bonds is 4. The SMILES string of the molecule is C1=CCN(CC2CCC=C(c3cccs3)C2)C(c2ccccc2)=C1.Cl. The van der Waals surface area contributed by atoms with Gasteiger partial charge in [-0.3, -0.25) is 0 Å². The molecule has 1 unspecified atom stereocenters. The maximum absolute atomic E-state index is 2.55. The Hall–Kier alpha value is -1.77. The fraction of sp³-hybridized carbons (Fsp3) is 0.273. The minimum atomic E-state index is 0. The van der Waals surface area contributed by atoms with Gasteiger partial charge >= 0.3 is 0 Å². The molecule has 0 saturated heterocycles. The van der Waals surface area contributed by atoms with Gasteiger partial charge in [-0.1, -0.05) is 54.6 Å². The molecule has 0 fully saturated rings. The second-order valence-corrected chi connectivity index (χ2v) is 7.55. The topological polar surface area (TPSA) is 3.24 Å². The number of nitrogens with zero attached hydrogens (tertiary/aromatic N) is 1. The van der Waals surface area contributed by atoms with E-state index in [0.717, 1.165) is 19.0 Å². The fourth-order valence-corrected chi connectivity index (χ4v) is 4.51. The summed E-state index contributed by atoms with van der Waals surface area (Å²) < 4.78 is 0. The number of hydrogen-bond donors (Lipinski definition) is 0. The third kappa shape index (κ3) is 4.26. The normalized spacial score (nSPS) is 19.8. The van der Waals surface area contributed by atoms with E-state index < -0.39 is 0 Å². The molecule has 1 nitrogen and oxygen atoms in total. The van der Waals surface area contributed by atoms with Crippen molar-refractivity contribution in [1.82, 2.24) is 4.90 Å². The Kier molecular flexibility index (Phi) is 6.17. The molecule has 1 aromatic heterocycles. The first-order valence-electron chi connectivity index (χ1n) is 8.80. The van der Waals surface area contributed by atoms with E-state index in [1.807, 2.05) is 11.3 Å². The van der Waals surface area contributed by atoms with E-state index in [9.17, 15) is 0 Å². The monoisotopic (exact) mass is 369 g/mol. The maximum Gasteiger partial charge on any atom is 0.0442 e. The van der Waals surface area contributed by atoms with Crippen LogP contribution in [0.3, 0.4) is 0 Å². The van der Waals surface area contributed by atoms with Crippen LogP contribution in [0.5, 0.6) is 0 Å². The molecular formula is C22H24ClNS. The molecule has 1 atom stereocenters. The van der Waals surface area contributed by atoms with Crippen molar-refractivity contribution in [3.05, 3.63) is 82.6 Å². The molecule has 0 spiro atoms. The Bertz CT molecular complexity index is 759. The molecule has 0 bridgehead atoms. The molecule has 3 heteroatoms. The summed E-state index contributed by atoms with van der Waals surface area (Å²) in [5.41, 5.74) is 4.25. The van der Waals surface area contributed by atoms with E-state index >= 15 is 0 Å². The highest BCUT2D eigenvalue weighted by Gasteiger charge is 2.22. The smallest absolute Gasteiger partial charge is 0.0442 e. The van der Waals surface area contributed by atoms with Crippen molar-refractivity contribution < 1.29 is 0 Å². The molecule has 4 rings (SSSR count). The molecule has 0 amide bonds. The zero-order chi connectivity index (χ0) is 16.2. The first-order valence-corrected chi connectivity index (χ1v) is 9.68. The molecular weight excluding hydrogens is 346 g/mol. The number of halogens is 1. The van der Waals surface area contributed by atoms with Gasteiger partial charge in [0.25, 0.3) is 0 Å². The minimum Gasteiger partial charge on any atom is -0.367 e. The minimum absolute atomic E-state index is 0. The van der Waals surface area contributed by atoms with E-state index in [2.05, 4.69) is 77.0 Å². The van der Waals surface area contributed by atoms with Crippen LogP contribution in [0.1, 0.15) is 29.7 Å². The second-order valence-electron chi connectivity index (χ2n) is 6.61. The van der Waals surface area contributed by atoms with Gasteiger partial charge in [0.05, 0.1) is 0 Å². The maximum atomic E-state index is 2.55. The van der Waals surface area contributed by atoms with Crippen LogP contribution in [0.4, 0.5) is 0 Å². The zero-order valence-corrected chi connectivity index (χ0v) is 15.9. The molecule has 0 saturated carbocycles. The van der Waals surface area contributed by atoms with Crippen molar-refractivity contribution >= 4 is 35.0 Å². The third-order valence-corrected chi connectivity index (χ3v) is 5.86. The van der Waals surface area contributed by atoms with E-state index in [4.69, 9.17) is 0 Å². The average Bonchev–Trinajstić information content (AvgIpc) is 3.18. The van der Waals surface area contributed by atoms with E-state index in [-0.39, 0.29) is 12.4 Å². The van der Waals surface area contributed by atoms with Crippen molar-refractivity contribution in [2.75, 3.05) is 13.1 Å². The summed E-state index contributed by atoms with van der Waals surface area (Å²) in [4.78, 5) is 4.01. The lowest BCUT2D eigenvalue weighted by atomic mass is 9.87. The molecule has 1 aliphatic heterocycles. The van der Waals surface area contributed by atoms with E-state index in [1.165, 1.54) is 35.4 Å². The molecule has 2 aliphatic rings. The highest BCUT2D eigenvalue weighted by Crippen LogP contribution is 2.35. The van der Waals surface area contributed by atoms with Crippen molar-refractivity contribution in [2.45, 2.75) is 19.3 Å². The van der Waals surface area contributed by atoms with Crippen molar-refractivity contribution in [3.63, 3.8) is 0 Å². The van der Waals surface area contributed by atoms with Gasteiger partial charge in [0, 0.05) is 23.7 Å². The summed E-state index contributed by atoms with van der Waals surface area (Å²) in [6.45, 7) is 2.17. The Morgan fingerprint density at radius 1 is 1.08 bits per heavy atom. The summed E-state index contributed by atoms with van der Waals surface area (Å²) in [6.07, 6.45) is 12.9. The third-order valence-electron chi connectivity index (χ3n) is 4.92. The first-order chi connectivity index (χ1) is 11.9. The number of benzene rings is 1. The zero-order valence-electron chi connectivity index (χ0n) is 14.3. The molecule has 0 radical (unpaired) electrons. The van der Waals surface area contributed by atoms with Gasteiger partial charge in [-0.25, -0.2) is 0 Å². The molecule has 2 heterocycles. The first kappa shape index (κ1) is 18.0. The van der Waals surface area contributed by atoms with Crippen LogP contribution in [0.2, 0.25) is 0 Å². The van der Waals surface area contributed by atoms with Gasteiger partial charge < -0.3 is 4.90 Å². The standard InChI is InChI=1S/C22H23NS.ClH/c1-2-9-19(10-3-1)21-12-4-5-14-23(21)17-18-8-6-11-20(16-18)22-13-7-15-24-22;/h1-5,7,9-13,15,18H,6,8,14,16-17H2;1H. The predicted molar refractivity (Wildman–Crippen MR) is 112 cm³/mol. The lowest BCUT2D eigenvalue weighted by Crippen LogP contribution is -2.30. The number of allylic oxidation sites excluding steroid dienone is 4. The fourth-order valence-electron chi connectivity index (χ4n) is 3.73. The summed E-state index contributed by atoms with van der Waals surface area (Å²) in [5, 5.41) is 2.19. The van der Waals surface area contributed by atoms with Crippen LogP contribution in [0.25, 0.3) is 11.3 Å². The van der Waals surface area contributed by atoms with Gasteiger partial charge in [-0.15, -0.1) is 23.7 Å².